The quantitative estimate of drug-likeness (QED) is 0.589. The zero-order valence-corrected chi connectivity index (χ0v) is 14.1. The predicted octanol–water partition coefficient (Wildman–Crippen LogP) is 3.91. The maximum Gasteiger partial charge on any atom is 0.251 e. The summed E-state index contributed by atoms with van der Waals surface area (Å²) in [5.41, 5.74) is 2.14. The van der Waals surface area contributed by atoms with Gasteiger partial charge in [0, 0.05) is 17.0 Å². The van der Waals surface area contributed by atoms with Gasteiger partial charge in [0.05, 0.1) is 23.9 Å². The molecule has 7 heteroatoms. The van der Waals surface area contributed by atoms with Crippen LogP contribution in [0.1, 0.15) is 26.9 Å². The van der Waals surface area contributed by atoms with E-state index in [9.17, 15) is 4.79 Å². The molecule has 0 aliphatic carbocycles. The first-order chi connectivity index (χ1) is 11.8. The molecule has 1 atom stereocenters. The summed E-state index contributed by atoms with van der Waals surface area (Å²) in [7, 11) is 0. The molecule has 0 spiro atoms. The van der Waals surface area contributed by atoms with Crippen molar-refractivity contribution >= 4 is 40.0 Å². The number of thiophene rings is 1. The van der Waals surface area contributed by atoms with E-state index < -0.39 is 0 Å². The summed E-state index contributed by atoms with van der Waals surface area (Å²) in [6.07, 6.45) is 1.65. The van der Waals surface area contributed by atoms with Crippen molar-refractivity contribution in [1.82, 2.24) is 14.1 Å². The van der Waals surface area contributed by atoms with Gasteiger partial charge in [-0.1, -0.05) is 6.07 Å². The van der Waals surface area contributed by atoms with Crippen molar-refractivity contribution in [3.8, 4) is 0 Å². The second-order valence-electron chi connectivity index (χ2n) is 5.26. The first kappa shape index (κ1) is 15.0. The lowest BCUT2D eigenvalue weighted by Gasteiger charge is -2.14. The number of amides is 1. The van der Waals surface area contributed by atoms with Crippen LogP contribution in [0.25, 0.3) is 11.0 Å². The molecular weight excluding hydrogens is 342 g/mol. The molecule has 0 saturated carbocycles. The molecule has 0 aliphatic rings. The standard InChI is InChI=1S/C17H13N3O2S2/c21-17(11-5-6-13-14(9-11)20-24-19-13)18-10-12(15-3-1-7-22-15)16-4-2-8-23-16/h1-9,12H,10H2,(H,18,21)/t12-/m0/s1. The molecule has 1 aromatic carbocycles. The third kappa shape index (κ3) is 2.95. The van der Waals surface area contributed by atoms with Crippen molar-refractivity contribution in [1.29, 1.82) is 0 Å². The molecule has 0 unspecified atom stereocenters. The lowest BCUT2D eigenvalue weighted by Crippen LogP contribution is -2.28. The van der Waals surface area contributed by atoms with Crippen LogP contribution in [0.3, 0.4) is 0 Å². The molecule has 0 saturated heterocycles. The monoisotopic (exact) mass is 355 g/mol. The number of fused-ring (bicyclic) bond motifs is 1. The number of carbonyl (C=O) groups excluding carboxylic acids is 1. The summed E-state index contributed by atoms with van der Waals surface area (Å²) in [6, 6.07) is 13.2. The Kier molecular flexibility index (Phi) is 4.10. The predicted molar refractivity (Wildman–Crippen MR) is 94.6 cm³/mol. The van der Waals surface area contributed by atoms with E-state index in [1.807, 2.05) is 29.6 Å². The van der Waals surface area contributed by atoms with Gasteiger partial charge >= 0.3 is 0 Å². The minimum absolute atomic E-state index is 0.00798. The van der Waals surface area contributed by atoms with E-state index in [1.54, 1.807) is 29.7 Å². The summed E-state index contributed by atoms with van der Waals surface area (Å²) < 4.78 is 13.9. The highest BCUT2D eigenvalue weighted by molar-refractivity contribution is 7.10. The summed E-state index contributed by atoms with van der Waals surface area (Å²) >= 11 is 2.80. The molecular formula is C17H13N3O2S2. The Balaban J connectivity index is 1.52. The molecule has 4 rings (SSSR count). The van der Waals surface area contributed by atoms with Gasteiger partial charge in [-0.05, 0) is 41.8 Å². The lowest BCUT2D eigenvalue weighted by atomic mass is 10.0. The van der Waals surface area contributed by atoms with Crippen LogP contribution in [0.15, 0.2) is 58.5 Å². The number of hydrogen-bond donors (Lipinski definition) is 1. The molecule has 24 heavy (non-hydrogen) atoms. The van der Waals surface area contributed by atoms with Gasteiger partial charge < -0.3 is 9.73 Å². The van der Waals surface area contributed by atoms with Crippen molar-refractivity contribution in [3.05, 3.63) is 70.3 Å². The van der Waals surface area contributed by atoms with Gasteiger partial charge in [-0.2, -0.15) is 8.75 Å². The number of nitrogens with zero attached hydrogens (tertiary/aromatic N) is 2. The van der Waals surface area contributed by atoms with Crippen molar-refractivity contribution in [3.63, 3.8) is 0 Å². The van der Waals surface area contributed by atoms with Gasteiger partial charge in [0.25, 0.3) is 5.91 Å². The number of benzene rings is 1. The Bertz CT molecular complexity index is 911. The number of nitrogens with one attached hydrogen (secondary N) is 1. The highest BCUT2D eigenvalue weighted by atomic mass is 32.1. The van der Waals surface area contributed by atoms with E-state index in [2.05, 4.69) is 20.1 Å². The Hall–Kier alpha value is -2.51. The maximum absolute atomic E-state index is 12.5. The van der Waals surface area contributed by atoms with Crippen LogP contribution in [0.2, 0.25) is 0 Å². The topological polar surface area (TPSA) is 68.0 Å². The first-order valence-electron chi connectivity index (χ1n) is 7.38. The van der Waals surface area contributed by atoms with E-state index in [0.29, 0.717) is 12.1 Å². The Morgan fingerprint density at radius 1 is 1.17 bits per heavy atom. The zero-order chi connectivity index (χ0) is 16.4. The van der Waals surface area contributed by atoms with Gasteiger partial charge in [-0.3, -0.25) is 4.79 Å². The Morgan fingerprint density at radius 3 is 2.88 bits per heavy atom. The Morgan fingerprint density at radius 2 is 2.08 bits per heavy atom. The number of aromatic nitrogens is 2. The lowest BCUT2D eigenvalue weighted by molar-refractivity contribution is 0.0952. The molecule has 1 amide bonds. The number of furan rings is 1. The third-order valence-corrected chi connectivity index (χ3v) is 5.30. The summed E-state index contributed by atoms with van der Waals surface area (Å²) in [4.78, 5) is 13.6. The molecule has 0 bridgehead atoms. The van der Waals surface area contributed by atoms with Crippen molar-refractivity contribution in [2.75, 3.05) is 6.54 Å². The molecule has 120 valence electrons. The van der Waals surface area contributed by atoms with Crippen LogP contribution in [0.4, 0.5) is 0 Å². The fourth-order valence-corrected chi connectivity index (χ4v) is 3.89. The molecule has 0 radical (unpaired) electrons. The van der Waals surface area contributed by atoms with Crippen molar-refractivity contribution < 1.29 is 9.21 Å². The fourth-order valence-electron chi connectivity index (χ4n) is 2.54. The SMILES string of the molecule is O=C(NC[C@@H](c1ccco1)c1cccs1)c1ccc2nsnc2c1. The molecule has 0 aliphatic heterocycles. The van der Waals surface area contributed by atoms with E-state index in [0.717, 1.165) is 33.4 Å². The van der Waals surface area contributed by atoms with E-state index >= 15 is 0 Å². The molecule has 3 aromatic heterocycles. The van der Waals surface area contributed by atoms with E-state index in [-0.39, 0.29) is 11.8 Å². The smallest absolute Gasteiger partial charge is 0.251 e. The third-order valence-electron chi connectivity index (χ3n) is 3.76. The molecule has 4 aromatic rings. The molecule has 5 nitrogen and oxygen atoms in total. The number of carbonyl (C=O) groups is 1. The van der Waals surface area contributed by atoms with E-state index in [4.69, 9.17) is 4.42 Å². The Labute approximate surface area is 146 Å². The second-order valence-corrected chi connectivity index (χ2v) is 6.77. The molecule has 0 fully saturated rings. The van der Waals surface area contributed by atoms with Crippen LogP contribution >= 0.6 is 23.1 Å². The second kappa shape index (κ2) is 6.54. The van der Waals surface area contributed by atoms with Gasteiger partial charge in [-0.15, -0.1) is 11.3 Å². The van der Waals surface area contributed by atoms with Crippen LogP contribution in [-0.4, -0.2) is 21.2 Å². The van der Waals surface area contributed by atoms with Crippen LogP contribution in [-0.2, 0) is 0 Å². The van der Waals surface area contributed by atoms with Gasteiger partial charge in [0.2, 0.25) is 0 Å². The van der Waals surface area contributed by atoms with Gasteiger partial charge in [-0.25, -0.2) is 0 Å². The zero-order valence-electron chi connectivity index (χ0n) is 12.5. The summed E-state index contributed by atoms with van der Waals surface area (Å²) in [5.74, 6) is 0.725. The largest absolute Gasteiger partial charge is 0.469 e. The van der Waals surface area contributed by atoms with Crippen molar-refractivity contribution in [2.45, 2.75) is 5.92 Å². The number of rotatable bonds is 5. The summed E-state index contributed by atoms with van der Waals surface area (Å²) in [6.45, 7) is 0.472. The normalized spacial score (nSPS) is 12.3. The van der Waals surface area contributed by atoms with Crippen LogP contribution in [0.5, 0.6) is 0 Å². The molecule has 1 N–H and O–H groups in total. The highest BCUT2D eigenvalue weighted by Crippen LogP contribution is 2.28. The number of hydrogen-bond acceptors (Lipinski definition) is 6. The average Bonchev–Trinajstić information content (AvgIpc) is 3.36. The van der Waals surface area contributed by atoms with Gasteiger partial charge in [0.1, 0.15) is 16.8 Å². The first-order valence-corrected chi connectivity index (χ1v) is 8.99. The van der Waals surface area contributed by atoms with Crippen molar-refractivity contribution in [2.24, 2.45) is 0 Å². The average molecular weight is 355 g/mol. The fraction of sp³-hybridized carbons (Fsp3) is 0.118. The maximum atomic E-state index is 12.5. The van der Waals surface area contributed by atoms with Crippen LogP contribution in [0, 0.1) is 0 Å². The minimum Gasteiger partial charge on any atom is -0.469 e. The highest BCUT2D eigenvalue weighted by Gasteiger charge is 2.19. The van der Waals surface area contributed by atoms with Gasteiger partial charge in [0.15, 0.2) is 0 Å². The van der Waals surface area contributed by atoms with Crippen LogP contribution < -0.4 is 5.32 Å². The minimum atomic E-state index is -0.127. The molecule has 3 heterocycles. The van der Waals surface area contributed by atoms with E-state index in [1.165, 1.54) is 0 Å². The summed E-state index contributed by atoms with van der Waals surface area (Å²) in [5, 5.41) is 5.02.